The Morgan fingerprint density at radius 3 is 2.36 bits per heavy atom. The van der Waals surface area contributed by atoms with Gasteiger partial charge in [-0.05, 0) is 30.7 Å². The van der Waals surface area contributed by atoms with E-state index in [0.29, 0.717) is 11.1 Å². The Balaban J connectivity index is 1.74. The van der Waals surface area contributed by atoms with Gasteiger partial charge < -0.3 is 19.8 Å². The minimum Gasteiger partial charge on any atom is -0.469 e. The zero-order chi connectivity index (χ0) is 28.7. The van der Waals surface area contributed by atoms with E-state index < -0.39 is 34.9 Å². The van der Waals surface area contributed by atoms with E-state index in [1.165, 1.54) is 26.4 Å². The molecule has 0 aliphatic heterocycles. The molecule has 0 spiro atoms. The number of amides is 2. The first kappa shape index (κ1) is 28.6. The van der Waals surface area contributed by atoms with Crippen molar-refractivity contribution in [2.45, 2.75) is 39.7 Å². The maximum Gasteiger partial charge on any atom is 0.328 e. The SMILES string of the molecule is COC(=O)CCC(NC(=O)c1ccc(C#Cc2c[nH]c3nc(NC(=O)C(C)(C)C)[nH]c(=O)c23)cc1)C(=O)OC. The van der Waals surface area contributed by atoms with Crippen molar-refractivity contribution in [1.82, 2.24) is 20.3 Å². The number of hydrogen-bond donors (Lipinski definition) is 4. The third kappa shape index (κ3) is 7.32. The van der Waals surface area contributed by atoms with Gasteiger partial charge >= 0.3 is 11.9 Å². The third-order valence-electron chi connectivity index (χ3n) is 5.60. The first-order chi connectivity index (χ1) is 18.4. The molecule has 0 aliphatic rings. The fourth-order valence-corrected chi connectivity index (χ4v) is 3.33. The molecule has 0 bridgehead atoms. The van der Waals surface area contributed by atoms with E-state index in [2.05, 4.69) is 42.2 Å². The first-order valence-electron chi connectivity index (χ1n) is 11.9. The summed E-state index contributed by atoms with van der Waals surface area (Å²) in [4.78, 5) is 70.6. The summed E-state index contributed by atoms with van der Waals surface area (Å²) >= 11 is 0. The highest BCUT2D eigenvalue weighted by Crippen LogP contribution is 2.17. The highest BCUT2D eigenvalue weighted by atomic mass is 16.5. The Morgan fingerprint density at radius 2 is 1.74 bits per heavy atom. The lowest BCUT2D eigenvalue weighted by molar-refractivity contribution is -0.144. The molecule has 12 nitrogen and oxygen atoms in total. The number of carbonyl (C=O) groups is 4. The van der Waals surface area contributed by atoms with E-state index in [4.69, 9.17) is 4.74 Å². The molecule has 0 fully saturated rings. The molecule has 1 aromatic carbocycles. The largest absolute Gasteiger partial charge is 0.469 e. The lowest BCUT2D eigenvalue weighted by atomic mass is 9.96. The van der Waals surface area contributed by atoms with E-state index in [-0.39, 0.29) is 41.3 Å². The number of H-pyrrole nitrogens is 2. The minimum absolute atomic E-state index is 0.0255. The van der Waals surface area contributed by atoms with Gasteiger partial charge in [-0.1, -0.05) is 32.6 Å². The van der Waals surface area contributed by atoms with Crippen LogP contribution in [0.25, 0.3) is 11.0 Å². The van der Waals surface area contributed by atoms with Gasteiger partial charge in [-0.2, -0.15) is 4.98 Å². The number of aromatic nitrogens is 3. The van der Waals surface area contributed by atoms with Crippen molar-refractivity contribution < 1.29 is 28.7 Å². The average Bonchev–Trinajstić information content (AvgIpc) is 3.32. The van der Waals surface area contributed by atoms with E-state index in [9.17, 15) is 24.0 Å². The molecule has 12 heteroatoms. The summed E-state index contributed by atoms with van der Waals surface area (Å²) in [7, 11) is 2.42. The maximum atomic E-state index is 12.7. The van der Waals surface area contributed by atoms with Crippen LogP contribution in [-0.4, -0.2) is 59.0 Å². The molecule has 3 aromatic rings. The zero-order valence-electron chi connectivity index (χ0n) is 22.2. The van der Waals surface area contributed by atoms with Crippen LogP contribution in [0.1, 0.15) is 55.1 Å². The summed E-state index contributed by atoms with van der Waals surface area (Å²) in [5, 5.41) is 5.39. The lowest BCUT2D eigenvalue weighted by Crippen LogP contribution is -2.41. The summed E-state index contributed by atoms with van der Waals surface area (Å²) in [6.45, 7) is 5.23. The predicted molar refractivity (Wildman–Crippen MR) is 142 cm³/mol. The number of hydrogen-bond acceptors (Lipinski definition) is 8. The molecular formula is C27H29N5O7. The number of nitrogens with one attached hydrogen (secondary N) is 4. The van der Waals surface area contributed by atoms with Gasteiger partial charge in [-0.15, -0.1) is 0 Å². The monoisotopic (exact) mass is 535 g/mol. The fourth-order valence-electron chi connectivity index (χ4n) is 3.33. The molecule has 0 radical (unpaired) electrons. The number of nitrogens with zero attached hydrogens (tertiary/aromatic N) is 1. The van der Waals surface area contributed by atoms with Gasteiger partial charge in [0, 0.05) is 29.2 Å². The second-order valence-electron chi connectivity index (χ2n) is 9.54. The smallest absolute Gasteiger partial charge is 0.328 e. The van der Waals surface area contributed by atoms with Crippen molar-refractivity contribution in [2.24, 2.45) is 5.41 Å². The second-order valence-corrected chi connectivity index (χ2v) is 9.54. The molecule has 39 heavy (non-hydrogen) atoms. The molecule has 2 aromatic heterocycles. The molecule has 204 valence electrons. The standard InChI is InChI=1S/C27H29N5O7/c1-27(2,3)25(37)32-26-30-21-20(23(35)31-26)17(14-28-21)11-8-15-6-9-16(10-7-15)22(34)29-18(24(36)39-5)12-13-19(33)38-4/h6-7,9-10,14,18H,12-13H2,1-5H3,(H,29,34)(H3,28,30,31,32,35,37). The van der Waals surface area contributed by atoms with Crippen LogP contribution >= 0.6 is 0 Å². The highest BCUT2D eigenvalue weighted by molar-refractivity contribution is 5.97. The van der Waals surface area contributed by atoms with Crippen molar-refractivity contribution in [3.05, 3.63) is 57.5 Å². The van der Waals surface area contributed by atoms with Crippen molar-refractivity contribution >= 4 is 40.7 Å². The number of methoxy groups -OCH3 is 2. The van der Waals surface area contributed by atoms with Gasteiger partial charge in [0.15, 0.2) is 0 Å². The number of aromatic amines is 2. The van der Waals surface area contributed by atoms with E-state index in [0.717, 1.165) is 0 Å². The van der Waals surface area contributed by atoms with Gasteiger partial charge in [0.2, 0.25) is 11.9 Å². The molecule has 1 unspecified atom stereocenters. The number of ether oxygens (including phenoxy) is 2. The molecule has 4 N–H and O–H groups in total. The van der Waals surface area contributed by atoms with Crippen LogP contribution in [0.15, 0.2) is 35.3 Å². The van der Waals surface area contributed by atoms with Gasteiger partial charge in [0.1, 0.15) is 11.7 Å². The second kappa shape index (κ2) is 12.1. The molecule has 3 rings (SSSR count). The van der Waals surface area contributed by atoms with Gasteiger partial charge in [-0.3, -0.25) is 29.5 Å². The molecule has 0 aliphatic carbocycles. The molecule has 2 amide bonds. The van der Waals surface area contributed by atoms with Gasteiger partial charge in [0.25, 0.3) is 11.5 Å². The van der Waals surface area contributed by atoms with Crippen LogP contribution in [0, 0.1) is 17.3 Å². The van der Waals surface area contributed by atoms with Crippen LogP contribution in [-0.2, 0) is 23.9 Å². The molecule has 2 heterocycles. The Morgan fingerprint density at radius 1 is 1.05 bits per heavy atom. The summed E-state index contributed by atoms with van der Waals surface area (Å²) in [5.41, 5.74) is 0.380. The lowest BCUT2D eigenvalue weighted by Gasteiger charge is -2.16. The van der Waals surface area contributed by atoms with E-state index in [1.54, 1.807) is 39.1 Å². The molecule has 0 saturated heterocycles. The Hall–Kier alpha value is -4.92. The minimum atomic E-state index is -1.02. The normalized spacial score (nSPS) is 11.6. The van der Waals surface area contributed by atoms with E-state index in [1.807, 2.05) is 0 Å². The van der Waals surface area contributed by atoms with Crippen LogP contribution < -0.4 is 16.2 Å². The van der Waals surface area contributed by atoms with Crippen molar-refractivity contribution in [3.8, 4) is 11.8 Å². The summed E-state index contributed by atoms with van der Waals surface area (Å²) in [6, 6.07) is 5.27. The van der Waals surface area contributed by atoms with Crippen molar-refractivity contribution in [3.63, 3.8) is 0 Å². The zero-order valence-corrected chi connectivity index (χ0v) is 22.2. The van der Waals surface area contributed by atoms with Crippen LogP contribution in [0.4, 0.5) is 5.95 Å². The number of fused-ring (bicyclic) bond motifs is 1. The molecular weight excluding hydrogens is 506 g/mol. The van der Waals surface area contributed by atoms with Crippen LogP contribution in [0.3, 0.4) is 0 Å². The van der Waals surface area contributed by atoms with Crippen LogP contribution in [0.2, 0.25) is 0 Å². The molecule has 1 atom stereocenters. The van der Waals surface area contributed by atoms with Crippen molar-refractivity contribution in [1.29, 1.82) is 0 Å². The Kier molecular flexibility index (Phi) is 8.88. The van der Waals surface area contributed by atoms with Gasteiger partial charge in [-0.25, -0.2) is 4.79 Å². The number of carbonyl (C=O) groups excluding carboxylic acids is 4. The number of rotatable bonds is 7. The van der Waals surface area contributed by atoms with Crippen molar-refractivity contribution in [2.75, 3.05) is 19.5 Å². The third-order valence-corrected chi connectivity index (χ3v) is 5.60. The number of esters is 2. The summed E-state index contributed by atoms with van der Waals surface area (Å²) in [6.07, 6.45) is 1.50. The fraction of sp³-hybridized carbons (Fsp3) is 0.333. The quantitative estimate of drug-likeness (QED) is 0.262. The van der Waals surface area contributed by atoms with Crippen LogP contribution in [0.5, 0.6) is 0 Å². The maximum absolute atomic E-state index is 12.7. The number of anilines is 1. The summed E-state index contributed by atoms with van der Waals surface area (Å²) < 4.78 is 9.27. The Labute approximate surface area is 223 Å². The average molecular weight is 536 g/mol. The highest BCUT2D eigenvalue weighted by Gasteiger charge is 2.24. The molecule has 0 saturated carbocycles. The van der Waals surface area contributed by atoms with Gasteiger partial charge in [0.05, 0.1) is 25.2 Å². The Bertz CT molecular complexity index is 1520. The summed E-state index contributed by atoms with van der Waals surface area (Å²) in [5.74, 6) is 3.85. The number of benzene rings is 1. The van der Waals surface area contributed by atoms with E-state index >= 15 is 0 Å². The first-order valence-corrected chi connectivity index (χ1v) is 11.9. The topological polar surface area (TPSA) is 172 Å². The predicted octanol–water partition coefficient (Wildman–Crippen LogP) is 1.86.